The molecule has 1 aliphatic heterocycles. The van der Waals surface area contributed by atoms with Crippen molar-refractivity contribution in [2.24, 2.45) is 0 Å². The van der Waals surface area contributed by atoms with Gasteiger partial charge in [-0.15, -0.1) is 0 Å². The van der Waals surface area contributed by atoms with E-state index in [4.69, 9.17) is 0 Å². The van der Waals surface area contributed by atoms with Crippen LogP contribution in [0.15, 0.2) is 0 Å². The van der Waals surface area contributed by atoms with E-state index in [0.29, 0.717) is 6.04 Å². The van der Waals surface area contributed by atoms with Gasteiger partial charge in [-0.05, 0) is 13.8 Å². The van der Waals surface area contributed by atoms with Gasteiger partial charge in [0.1, 0.15) is 7.05 Å². The maximum Gasteiger partial charge on any atom is 0.401 e. The molecule has 0 radical (unpaired) electrons. The zero-order valence-electron chi connectivity index (χ0n) is 6.33. The Morgan fingerprint density at radius 1 is 1.44 bits per heavy atom. The number of hydrogen-bond acceptors (Lipinski definition) is 0. The van der Waals surface area contributed by atoms with Crippen LogP contribution in [0.4, 0.5) is 0 Å². The van der Waals surface area contributed by atoms with Crippen molar-refractivity contribution in [3.8, 4) is 0 Å². The van der Waals surface area contributed by atoms with E-state index in [0.717, 1.165) is 6.54 Å². The summed E-state index contributed by atoms with van der Waals surface area (Å²) < 4.78 is 4.39. The molecule has 0 N–H and O–H groups in total. The summed E-state index contributed by atoms with van der Waals surface area (Å²) in [4.78, 5) is 0. The summed E-state index contributed by atoms with van der Waals surface area (Å²) in [6.45, 7) is 5.46. The lowest BCUT2D eigenvalue weighted by molar-refractivity contribution is -0.558. The molecule has 1 rings (SSSR count). The quantitative estimate of drug-likeness (QED) is 0.442. The minimum Gasteiger partial charge on any atom is -0.169 e. The Morgan fingerprint density at radius 2 is 2.11 bits per heavy atom. The minimum absolute atomic E-state index is 0.631. The van der Waals surface area contributed by atoms with Gasteiger partial charge in [0.15, 0.2) is 6.04 Å². The molecule has 0 aromatic rings. The first-order valence-electron chi connectivity index (χ1n) is 3.36. The van der Waals surface area contributed by atoms with Crippen LogP contribution in [0.5, 0.6) is 0 Å². The van der Waals surface area contributed by atoms with Gasteiger partial charge in [-0.25, -0.2) is 0 Å². The Balaban J connectivity index is 2.60. The summed E-state index contributed by atoms with van der Waals surface area (Å²) in [5.74, 6) is 0. The second kappa shape index (κ2) is 2.29. The second-order valence-electron chi connectivity index (χ2n) is 2.75. The predicted octanol–water partition coefficient (Wildman–Crippen LogP) is 0.162. The first kappa shape index (κ1) is 6.46. The smallest absolute Gasteiger partial charge is 0.169 e. The van der Waals surface area contributed by atoms with Gasteiger partial charge in [0.2, 0.25) is 12.8 Å². The van der Waals surface area contributed by atoms with Crippen molar-refractivity contribution in [2.45, 2.75) is 19.9 Å². The Bertz CT molecular complexity index is 166. The lowest BCUT2D eigenvalue weighted by Gasteiger charge is -1.94. The van der Waals surface area contributed by atoms with Gasteiger partial charge in [-0.1, -0.05) is 0 Å². The molecule has 0 aromatic carbocycles. The van der Waals surface area contributed by atoms with Crippen LogP contribution in [0.3, 0.4) is 0 Å². The van der Waals surface area contributed by atoms with Crippen LogP contribution >= 0.6 is 0 Å². The molecule has 0 saturated carbocycles. The van der Waals surface area contributed by atoms with Gasteiger partial charge in [-0.2, -0.15) is 9.15 Å². The maximum absolute atomic E-state index is 2.29. The van der Waals surface area contributed by atoms with Gasteiger partial charge in [0.05, 0.1) is 0 Å². The summed E-state index contributed by atoms with van der Waals surface area (Å²) in [5, 5.41) is 0. The fourth-order valence-electron chi connectivity index (χ4n) is 0.895. The largest absolute Gasteiger partial charge is 0.401 e. The van der Waals surface area contributed by atoms with E-state index in [-0.39, 0.29) is 0 Å². The second-order valence-corrected chi connectivity index (χ2v) is 2.75. The molecule has 50 valence electrons. The SMILES string of the molecule is CC(C)[N+]1=C[N+](C)=CC1. The third-order valence-corrected chi connectivity index (χ3v) is 1.57. The first-order chi connectivity index (χ1) is 4.20. The highest BCUT2D eigenvalue weighted by molar-refractivity contribution is 5.61. The van der Waals surface area contributed by atoms with Crippen molar-refractivity contribution in [3.05, 3.63) is 0 Å². The van der Waals surface area contributed by atoms with E-state index in [2.05, 4.69) is 42.6 Å². The molecule has 0 fully saturated rings. The average Bonchev–Trinajstić information content (AvgIpc) is 2.14. The number of rotatable bonds is 1. The number of nitrogens with zero attached hydrogens (tertiary/aromatic N) is 2. The highest BCUT2D eigenvalue weighted by Crippen LogP contribution is 1.88. The molecule has 1 aliphatic rings. The Morgan fingerprint density at radius 3 is 2.33 bits per heavy atom. The normalized spacial score (nSPS) is 18.2. The van der Waals surface area contributed by atoms with Crippen LogP contribution in [0.2, 0.25) is 0 Å². The molecule has 0 spiro atoms. The van der Waals surface area contributed by atoms with Crippen molar-refractivity contribution in [2.75, 3.05) is 13.6 Å². The van der Waals surface area contributed by atoms with Crippen molar-refractivity contribution in [1.82, 2.24) is 0 Å². The maximum atomic E-state index is 2.29. The zero-order valence-corrected chi connectivity index (χ0v) is 6.33. The average molecular weight is 126 g/mol. The topological polar surface area (TPSA) is 6.02 Å². The fourth-order valence-corrected chi connectivity index (χ4v) is 0.895. The molecule has 1 heterocycles. The molecule has 0 aromatic heterocycles. The third kappa shape index (κ3) is 1.37. The molecule has 0 aliphatic carbocycles. The van der Waals surface area contributed by atoms with Crippen LogP contribution in [0.25, 0.3) is 0 Å². The summed E-state index contributed by atoms with van der Waals surface area (Å²) in [6.07, 6.45) is 4.30. The van der Waals surface area contributed by atoms with Crippen molar-refractivity contribution in [3.63, 3.8) is 0 Å². The van der Waals surface area contributed by atoms with E-state index >= 15 is 0 Å². The number of hydrogen-bond donors (Lipinski definition) is 0. The zero-order chi connectivity index (χ0) is 6.85. The first-order valence-corrected chi connectivity index (χ1v) is 3.36. The molecule has 9 heavy (non-hydrogen) atoms. The van der Waals surface area contributed by atoms with Crippen molar-refractivity contribution < 1.29 is 9.15 Å². The standard InChI is InChI=1S/C7H14N2/c1-7(2)9-5-4-8(3)6-9/h4,6-7H,5H2,1-3H3/q+2. The van der Waals surface area contributed by atoms with Crippen LogP contribution in [-0.2, 0) is 0 Å². The van der Waals surface area contributed by atoms with E-state index in [1.165, 1.54) is 0 Å². The third-order valence-electron chi connectivity index (χ3n) is 1.57. The lowest BCUT2D eigenvalue weighted by atomic mass is 10.4. The van der Waals surface area contributed by atoms with Gasteiger partial charge in [0.25, 0.3) is 0 Å². The highest BCUT2D eigenvalue weighted by atomic mass is 15.2. The molecule has 0 unspecified atom stereocenters. The molecule has 0 saturated heterocycles. The molecule has 2 heteroatoms. The lowest BCUT2D eigenvalue weighted by Crippen LogP contribution is -2.19. The monoisotopic (exact) mass is 126 g/mol. The summed E-state index contributed by atoms with van der Waals surface area (Å²) >= 11 is 0. The van der Waals surface area contributed by atoms with Gasteiger partial charge < -0.3 is 0 Å². The Labute approximate surface area is 56.1 Å². The molecule has 2 nitrogen and oxygen atoms in total. The Kier molecular flexibility index (Phi) is 1.65. The highest BCUT2D eigenvalue weighted by Gasteiger charge is 2.18. The van der Waals surface area contributed by atoms with Crippen molar-refractivity contribution in [1.29, 1.82) is 0 Å². The minimum atomic E-state index is 0.631. The predicted molar refractivity (Wildman–Crippen MR) is 38.6 cm³/mol. The van der Waals surface area contributed by atoms with Crippen LogP contribution in [0.1, 0.15) is 13.8 Å². The van der Waals surface area contributed by atoms with Gasteiger partial charge in [0, 0.05) is 0 Å². The molecular formula is C7H14N2+2. The summed E-state index contributed by atoms with van der Waals surface area (Å²) in [6, 6.07) is 0.631. The van der Waals surface area contributed by atoms with Gasteiger partial charge in [-0.3, -0.25) is 0 Å². The molecule has 0 bridgehead atoms. The molecule has 0 amide bonds. The van der Waals surface area contributed by atoms with Crippen LogP contribution in [-0.4, -0.2) is 41.3 Å². The van der Waals surface area contributed by atoms with E-state index < -0.39 is 0 Å². The van der Waals surface area contributed by atoms with Crippen LogP contribution in [0, 0.1) is 0 Å². The Hall–Kier alpha value is -0.660. The fraction of sp³-hybridized carbons (Fsp3) is 0.714. The van der Waals surface area contributed by atoms with Crippen LogP contribution < -0.4 is 0 Å². The molecule has 0 atom stereocenters. The van der Waals surface area contributed by atoms with Gasteiger partial charge >= 0.3 is 6.34 Å². The van der Waals surface area contributed by atoms with E-state index in [1.807, 2.05) is 0 Å². The van der Waals surface area contributed by atoms with E-state index in [9.17, 15) is 0 Å². The molecular weight excluding hydrogens is 112 g/mol. The summed E-state index contributed by atoms with van der Waals surface area (Å²) in [7, 11) is 2.06. The van der Waals surface area contributed by atoms with E-state index in [1.54, 1.807) is 0 Å². The van der Waals surface area contributed by atoms with Crippen molar-refractivity contribution >= 4 is 12.6 Å². The summed E-state index contributed by atoms with van der Waals surface area (Å²) in [5.41, 5.74) is 0.